The lowest BCUT2D eigenvalue weighted by Gasteiger charge is -2.31. The van der Waals surface area contributed by atoms with Crippen LogP contribution in [-0.2, 0) is 4.79 Å². The van der Waals surface area contributed by atoms with Gasteiger partial charge in [0.15, 0.2) is 0 Å². The molecular formula is C12H24N2O2. The Kier molecular flexibility index (Phi) is 5.77. The first-order valence-corrected chi connectivity index (χ1v) is 6.34. The van der Waals surface area contributed by atoms with E-state index < -0.39 is 5.97 Å². The third kappa shape index (κ3) is 3.76. The van der Waals surface area contributed by atoms with Crippen LogP contribution in [0.3, 0.4) is 0 Å². The van der Waals surface area contributed by atoms with Crippen LogP contribution in [-0.4, -0.2) is 48.2 Å². The lowest BCUT2D eigenvalue weighted by atomic mass is 9.95. The van der Waals surface area contributed by atoms with Gasteiger partial charge >= 0.3 is 5.97 Å². The number of carboxylic acid groups (broad SMARTS) is 1. The normalized spacial score (nSPS) is 22.4. The predicted octanol–water partition coefficient (Wildman–Crippen LogP) is 1.17. The highest BCUT2D eigenvalue weighted by molar-refractivity contribution is 5.73. The van der Waals surface area contributed by atoms with E-state index in [1.165, 1.54) is 0 Å². The van der Waals surface area contributed by atoms with Crippen molar-refractivity contribution in [1.29, 1.82) is 0 Å². The van der Waals surface area contributed by atoms with E-state index in [1.807, 2.05) is 0 Å². The molecule has 2 unspecified atom stereocenters. The summed E-state index contributed by atoms with van der Waals surface area (Å²) in [4.78, 5) is 13.5. The summed E-state index contributed by atoms with van der Waals surface area (Å²) in [5.41, 5.74) is 0. The highest BCUT2D eigenvalue weighted by Gasteiger charge is 2.30. The summed E-state index contributed by atoms with van der Waals surface area (Å²) in [5.74, 6) is -0.427. The topological polar surface area (TPSA) is 52.6 Å². The van der Waals surface area contributed by atoms with E-state index >= 15 is 0 Å². The van der Waals surface area contributed by atoms with E-state index in [9.17, 15) is 9.90 Å². The van der Waals surface area contributed by atoms with Crippen LogP contribution in [0, 0.1) is 5.92 Å². The third-order valence-electron chi connectivity index (χ3n) is 3.30. The second-order valence-electron chi connectivity index (χ2n) is 4.69. The molecule has 0 bridgehead atoms. The molecule has 0 aromatic carbocycles. The number of nitrogens with one attached hydrogen (secondary N) is 1. The summed E-state index contributed by atoms with van der Waals surface area (Å²) in [6.45, 7) is 7.83. The quantitative estimate of drug-likeness (QED) is 0.741. The predicted molar refractivity (Wildman–Crippen MR) is 64.6 cm³/mol. The van der Waals surface area contributed by atoms with Crippen LogP contribution in [0.1, 0.15) is 33.1 Å². The number of carbonyl (C=O) groups is 1. The van der Waals surface area contributed by atoms with Gasteiger partial charge in [0.05, 0.1) is 0 Å². The number of hydrogen-bond acceptors (Lipinski definition) is 3. The molecule has 0 radical (unpaired) electrons. The molecule has 0 aromatic rings. The molecule has 1 fully saturated rings. The summed E-state index contributed by atoms with van der Waals surface area (Å²) in [6.07, 6.45) is 3.08. The van der Waals surface area contributed by atoms with E-state index in [1.54, 1.807) is 0 Å². The zero-order chi connectivity index (χ0) is 12.0. The molecule has 16 heavy (non-hydrogen) atoms. The van der Waals surface area contributed by atoms with Crippen molar-refractivity contribution in [3.05, 3.63) is 0 Å². The highest BCUT2D eigenvalue weighted by Crippen LogP contribution is 2.17. The first kappa shape index (κ1) is 13.5. The molecule has 0 spiro atoms. The van der Waals surface area contributed by atoms with Gasteiger partial charge in [-0.2, -0.15) is 0 Å². The molecule has 2 atom stereocenters. The van der Waals surface area contributed by atoms with Gasteiger partial charge in [-0.1, -0.05) is 20.3 Å². The summed E-state index contributed by atoms with van der Waals surface area (Å²) in [7, 11) is 0. The molecule has 4 nitrogen and oxygen atoms in total. The average Bonchev–Trinajstić information content (AvgIpc) is 2.46. The van der Waals surface area contributed by atoms with Crippen LogP contribution >= 0.6 is 0 Å². The van der Waals surface area contributed by atoms with Crippen molar-refractivity contribution in [2.24, 2.45) is 5.92 Å². The molecule has 0 saturated carbocycles. The maximum atomic E-state index is 11.4. The number of hydrogen-bond donors (Lipinski definition) is 2. The van der Waals surface area contributed by atoms with E-state index in [-0.39, 0.29) is 12.0 Å². The van der Waals surface area contributed by atoms with E-state index in [2.05, 4.69) is 24.1 Å². The standard InChI is InChI=1S/C12H24N2O2/c1-3-5-10(2)11(12(15)16)14-8-4-6-13-7-9-14/h10-11,13H,3-9H2,1-2H3,(H,15,16). The Hall–Kier alpha value is -0.610. The molecular weight excluding hydrogens is 204 g/mol. The van der Waals surface area contributed by atoms with Gasteiger partial charge in [0.1, 0.15) is 6.04 Å². The van der Waals surface area contributed by atoms with Crippen LogP contribution in [0.5, 0.6) is 0 Å². The maximum Gasteiger partial charge on any atom is 0.321 e. The van der Waals surface area contributed by atoms with Crippen LogP contribution in [0.4, 0.5) is 0 Å². The van der Waals surface area contributed by atoms with Crippen LogP contribution in [0.25, 0.3) is 0 Å². The zero-order valence-electron chi connectivity index (χ0n) is 10.4. The average molecular weight is 228 g/mol. The van der Waals surface area contributed by atoms with Crippen molar-refractivity contribution in [3.63, 3.8) is 0 Å². The largest absolute Gasteiger partial charge is 0.480 e. The molecule has 2 N–H and O–H groups in total. The van der Waals surface area contributed by atoms with Crippen molar-refractivity contribution in [2.45, 2.75) is 39.2 Å². The third-order valence-corrected chi connectivity index (χ3v) is 3.30. The minimum atomic E-state index is -0.664. The lowest BCUT2D eigenvalue weighted by molar-refractivity contribution is -0.145. The SMILES string of the molecule is CCCC(C)C(C(=O)O)N1CCCNCC1. The van der Waals surface area contributed by atoms with E-state index in [0.29, 0.717) is 0 Å². The van der Waals surface area contributed by atoms with Gasteiger partial charge in [0, 0.05) is 19.6 Å². The van der Waals surface area contributed by atoms with Crippen LogP contribution in [0.2, 0.25) is 0 Å². The van der Waals surface area contributed by atoms with Gasteiger partial charge in [-0.3, -0.25) is 9.69 Å². The molecule has 0 amide bonds. The summed E-state index contributed by atoms with van der Waals surface area (Å²) >= 11 is 0. The highest BCUT2D eigenvalue weighted by atomic mass is 16.4. The molecule has 94 valence electrons. The molecule has 1 saturated heterocycles. The number of rotatable bonds is 5. The Labute approximate surface area is 98.0 Å². The molecule has 1 heterocycles. The number of carboxylic acids is 1. The van der Waals surface area contributed by atoms with E-state index in [0.717, 1.165) is 45.4 Å². The van der Waals surface area contributed by atoms with E-state index in [4.69, 9.17) is 0 Å². The molecule has 0 aromatic heterocycles. The van der Waals surface area contributed by atoms with Gasteiger partial charge in [0.2, 0.25) is 0 Å². The van der Waals surface area contributed by atoms with Gasteiger partial charge in [-0.15, -0.1) is 0 Å². The summed E-state index contributed by atoms with van der Waals surface area (Å²) in [5, 5.41) is 12.7. The second-order valence-corrected chi connectivity index (χ2v) is 4.69. The minimum absolute atomic E-state index is 0.237. The van der Waals surface area contributed by atoms with Crippen molar-refractivity contribution < 1.29 is 9.90 Å². The van der Waals surface area contributed by atoms with Crippen molar-refractivity contribution in [2.75, 3.05) is 26.2 Å². The first-order chi connectivity index (χ1) is 7.66. The monoisotopic (exact) mass is 228 g/mol. The van der Waals surface area contributed by atoms with Crippen molar-refractivity contribution in [3.8, 4) is 0 Å². The molecule has 0 aliphatic carbocycles. The fourth-order valence-corrected chi connectivity index (χ4v) is 2.52. The maximum absolute atomic E-state index is 11.4. The Morgan fingerprint density at radius 3 is 2.81 bits per heavy atom. The second kappa shape index (κ2) is 6.86. The fraction of sp³-hybridized carbons (Fsp3) is 0.917. The molecule has 1 rings (SSSR count). The number of nitrogens with zero attached hydrogens (tertiary/aromatic N) is 1. The van der Waals surface area contributed by atoms with Crippen LogP contribution < -0.4 is 5.32 Å². The zero-order valence-corrected chi connectivity index (χ0v) is 10.4. The van der Waals surface area contributed by atoms with Crippen molar-refractivity contribution in [1.82, 2.24) is 10.2 Å². The Bertz CT molecular complexity index is 213. The lowest BCUT2D eigenvalue weighted by Crippen LogP contribution is -2.46. The molecule has 1 aliphatic rings. The smallest absolute Gasteiger partial charge is 0.321 e. The van der Waals surface area contributed by atoms with Gasteiger partial charge in [-0.25, -0.2) is 0 Å². The fourth-order valence-electron chi connectivity index (χ4n) is 2.52. The van der Waals surface area contributed by atoms with Gasteiger partial charge in [-0.05, 0) is 25.3 Å². The summed E-state index contributed by atoms with van der Waals surface area (Å²) in [6, 6.07) is -0.306. The minimum Gasteiger partial charge on any atom is -0.480 e. The molecule has 1 aliphatic heterocycles. The Morgan fingerprint density at radius 1 is 1.44 bits per heavy atom. The van der Waals surface area contributed by atoms with Crippen molar-refractivity contribution >= 4 is 5.97 Å². The Balaban J connectivity index is 2.63. The Morgan fingerprint density at radius 2 is 2.19 bits per heavy atom. The molecule has 4 heteroatoms. The first-order valence-electron chi connectivity index (χ1n) is 6.34. The van der Waals surface area contributed by atoms with Gasteiger partial charge < -0.3 is 10.4 Å². The van der Waals surface area contributed by atoms with Gasteiger partial charge in [0.25, 0.3) is 0 Å². The number of aliphatic carboxylic acids is 1. The van der Waals surface area contributed by atoms with Crippen LogP contribution in [0.15, 0.2) is 0 Å². The summed E-state index contributed by atoms with van der Waals surface area (Å²) < 4.78 is 0.